The van der Waals surface area contributed by atoms with E-state index in [0.717, 1.165) is 34.7 Å². The fourth-order valence-corrected chi connectivity index (χ4v) is 4.60. The number of nitrogens with one attached hydrogen (secondary N) is 1. The normalized spacial score (nSPS) is 14.6. The van der Waals surface area contributed by atoms with E-state index in [4.69, 9.17) is 11.6 Å². The lowest BCUT2D eigenvalue weighted by atomic mass is 10.1. The van der Waals surface area contributed by atoms with Crippen molar-refractivity contribution >= 4 is 50.6 Å². The summed E-state index contributed by atoms with van der Waals surface area (Å²) in [7, 11) is 0. The maximum absolute atomic E-state index is 12.8. The third kappa shape index (κ3) is 3.27. The SMILES string of the molecule is Cc1c(C(=O)Nc2cccc(Cl)c2)sc2ncnc(N3CCCCC3)c12. The summed E-state index contributed by atoms with van der Waals surface area (Å²) in [6, 6.07) is 7.16. The van der Waals surface area contributed by atoms with Gasteiger partial charge >= 0.3 is 0 Å². The molecule has 1 saturated heterocycles. The molecule has 7 heteroatoms. The van der Waals surface area contributed by atoms with Crippen LogP contribution in [0.4, 0.5) is 11.5 Å². The number of carbonyl (C=O) groups excluding carboxylic acids is 1. The molecule has 1 N–H and O–H groups in total. The van der Waals surface area contributed by atoms with E-state index in [-0.39, 0.29) is 5.91 Å². The van der Waals surface area contributed by atoms with E-state index in [0.29, 0.717) is 15.6 Å². The molecule has 134 valence electrons. The number of hydrogen-bond acceptors (Lipinski definition) is 5. The zero-order chi connectivity index (χ0) is 18.1. The minimum absolute atomic E-state index is 0.141. The van der Waals surface area contributed by atoms with Crippen LogP contribution in [0.1, 0.15) is 34.5 Å². The number of piperidine rings is 1. The van der Waals surface area contributed by atoms with Gasteiger partial charge < -0.3 is 10.2 Å². The van der Waals surface area contributed by atoms with Crippen LogP contribution in [0.5, 0.6) is 0 Å². The van der Waals surface area contributed by atoms with Crippen LogP contribution >= 0.6 is 22.9 Å². The fourth-order valence-electron chi connectivity index (χ4n) is 3.37. The molecule has 1 aromatic carbocycles. The Labute approximate surface area is 161 Å². The lowest BCUT2D eigenvalue weighted by Crippen LogP contribution is -2.30. The Kier molecular flexibility index (Phi) is 4.78. The van der Waals surface area contributed by atoms with Gasteiger partial charge in [-0.3, -0.25) is 4.79 Å². The highest BCUT2D eigenvalue weighted by molar-refractivity contribution is 7.20. The summed E-state index contributed by atoms with van der Waals surface area (Å²) in [6.07, 6.45) is 5.22. The van der Waals surface area contributed by atoms with Crippen molar-refractivity contribution in [2.75, 3.05) is 23.3 Å². The molecular formula is C19H19ClN4OS. The van der Waals surface area contributed by atoms with E-state index in [2.05, 4.69) is 20.2 Å². The monoisotopic (exact) mass is 386 g/mol. The molecule has 0 bridgehead atoms. The van der Waals surface area contributed by atoms with Crippen molar-refractivity contribution < 1.29 is 4.79 Å². The topological polar surface area (TPSA) is 58.1 Å². The third-order valence-electron chi connectivity index (χ3n) is 4.65. The van der Waals surface area contributed by atoms with Gasteiger partial charge in [0.15, 0.2) is 0 Å². The number of fused-ring (bicyclic) bond motifs is 1. The number of amides is 1. The standard InChI is InChI=1S/C19H19ClN4OS/c1-12-15-17(24-8-3-2-4-9-24)21-11-22-19(15)26-16(12)18(25)23-14-7-5-6-13(20)10-14/h5-7,10-11H,2-4,8-9H2,1H3,(H,23,25). The van der Waals surface area contributed by atoms with Gasteiger partial charge in [-0.2, -0.15) is 0 Å². The van der Waals surface area contributed by atoms with Gasteiger partial charge in [-0.15, -0.1) is 11.3 Å². The first kappa shape index (κ1) is 17.2. The minimum atomic E-state index is -0.141. The number of rotatable bonds is 3. The molecule has 0 saturated carbocycles. The van der Waals surface area contributed by atoms with Gasteiger partial charge in [-0.25, -0.2) is 9.97 Å². The maximum Gasteiger partial charge on any atom is 0.266 e. The van der Waals surface area contributed by atoms with Gasteiger partial charge in [0.25, 0.3) is 5.91 Å². The van der Waals surface area contributed by atoms with E-state index < -0.39 is 0 Å². The summed E-state index contributed by atoms with van der Waals surface area (Å²) in [4.78, 5) is 25.6. The van der Waals surface area contributed by atoms with Crippen molar-refractivity contribution in [3.05, 3.63) is 46.1 Å². The van der Waals surface area contributed by atoms with E-state index >= 15 is 0 Å². The first-order chi connectivity index (χ1) is 12.6. The predicted octanol–water partition coefficient (Wildman–Crippen LogP) is 4.90. The average Bonchev–Trinajstić information content (AvgIpc) is 3.00. The van der Waals surface area contributed by atoms with Crippen LogP contribution in [-0.2, 0) is 0 Å². The van der Waals surface area contributed by atoms with Crippen LogP contribution in [0, 0.1) is 6.92 Å². The Morgan fingerprint density at radius 2 is 2.04 bits per heavy atom. The van der Waals surface area contributed by atoms with Gasteiger partial charge in [-0.1, -0.05) is 17.7 Å². The summed E-state index contributed by atoms with van der Waals surface area (Å²) in [5.74, 6) is 0.808. The number of carbonyl (C=O) groups is 1. The molecule has 0 radical (unpaired) electrons. The lowest BCUT2D eigenvalue weighted by Gasteiger charge is -2.28. The Balaban J connectivity index is 1.70. The van der Waals surface area contributed by atoms with Gasteiger partial charge in [0.1, 0.15) is 17.0 Å². The van der Waals surface area contributed by atoms with E-state index in [1.165, 1.54) is 30.6 Å². The number of benzene rings is 1. The van der Waals surface area contributed by atoms with E-state index in [9.17, 15) is 4.79 Å². The number of halogens is 1. The predicted molar refractivity (Wildman–Crippen MR) is 108 cm³/mol. The molecule has 4 rings (SSSR count). The lowest BCUT2D eigenvalue weighted by molar-refractivity contribution is 0.103. The zero-order valence-corrected chi connectivity index (χ0v) is 16.0. The minimum Gasteiger partial charge on any atom is -0.356 e. The van der Waals surface area contributed by atoms with Gasteiger partial charge in [0, 0.05) is 23.8 Å². The first-order valence-corrected chi connectivity index (χ1v) is 9.89. The molecule has 0 aliphatic carbocycles. The highest BCUT2D eigenvalue weighted by Crippen LogP contribution is 2.36. The summed E-state index contributed by atoms with van der Waals surface area (Å²) in [5.41, 5.74) is 1.62. The summed E-state index contributed by atoms with van der Waals surface area (Å²) >= 11 is 7.41. The Bertz CT molecular complexity index is 965. The summed E-state index contributed by atoms with van der Waals surface area (Å²) < 4.78 is 0. The molecular weight excluding hydrogens is 368 g/mol. The molecule has 3 aromatic rings. The molecule has 0 spiro atoms. The number of aryl methyl sites for hydroxylation is 1. The zero-order valence-electron chi connectivity index (χ0n) is 14.5. The molecule has 26 heavy (non-hydrogen) atoms. The van der Waals surface area contributed by atoms with Crippen molar-refractivity contribution in [2.24, 2.45) is 0 Å². The van der Waals surface area contributed by atoms with Crippen molar-refractivity contribution in [2.45, 2.75) is 26.2 Å². The smallest absolute Gasteiger partial charge is 0.266 e. The Hall–Kier alpha value is -2.18. The molecule has 2 aromatic heterocycles. The second-order valence-electron chi connectivity index (χ2n) is 6.45. The molecule has 0 unspecified atom stereocenters. The first-order valence-electron chi connectivity index (χ1n) is 8.69. The van der Waals surface area contributed by atoms with Gasteiger partial charge in [0.2, 0.25) is 0 Å². The molecule has 3 heterocycles. The molecule has 1 aliphatic rings. The molecule has 5 nitrogen and oxygen atoms in total. The number of anilines is 2. The highest BCUT2D eigenvalue weighted by atomic mass is 35.5. The number of aromatic nitrogens is 2. The van der Waals surface area contributed by atoms with Crippen molar-refractivity contribution in [3.63, 3.8) is 0 Å². The summed E-state index contributed by atoms with van der Waals surface area (Å²) in [5, 5.41) is 4.51. The average molecular weight is 387 g/mol. The van der Waals surface area contributed by atoms with Gasteiger partial charge in [0.05, 0.1) is 10.3 Å². The van der Waals surface area contributed by atoms with Crippen LogP contribution < -0.4 is 10.2 Å². The van der Waals surface area contributed by atoms with Crippen LogP contribution in [0.2, 0.25) is 5.02 Å². The maximum atomic E-state index is 12.8. The Morgan fingerprint density at radius 3 is 2.81 bits per heavy atom. The van der Waals surface area contributed by atoms with Crippen LogP contribution in [0.3, 0.4) is 0 Å². The second-order valence-corrected chi connectivity index (χ2v) is 7.88. The van der Waals surface area contributed by atoms with Crippen molar-refractivity contribution in [1.29, 1.82) is 0 Å². The van der Waals surface area contributed by atoms with Crippen LogP contribution in [-0.4, -0.2) is 29.0 Å². The molecule has 1 fully saturated rings. The quantitative estimate of drug-likeness (QED) is 0.695. The van der Waals surface area contributed by atoms with Crippen LogP contribution in [0.15, 0.2) is 30.6 Å². The summed E-state index contributed by atoms with van der Waals surface area (Å²) in [6.45, 7) is 3.99. The molecule has 0 atom stereocenters. The van der Waals surface area contributed by atoms with Gasteiger partial charge in [-0.05, 0) is 49.9 Å². The van der Waals surface area contributed by atoms with Crippen LogP contribution in [0.25, 0.3) is 10.2 Å². The van der Waals surface area contributed by atoms with E-state index in [1.807, 2.05) is 19.1 Å². The number of hydrogen-bond donors (Lipinski definition) is 1. The van der Waals surface area contributed by atoms with E-state index in [1.54, 1.807) is 18.5 Å². The fraction of sp³-hybridized carbons (Fsp3) is 0.316. The third-order valence-corrected chi connectivity index (χ3v) is 6.08. The number of thiophene rings is 1. The Morgan fingerprint density at radius 1 is 1.23 bits per heavy atom. The molecule has 1 aliphatic heterocycles. The second kappa shape index (κ2) is 7.21. The van der Waals surface area contributed by atoms with Crippen molar-refractivity contribution in [1.82, 2.24) is 9.97 Å². The van der Waals surface area contributed by atoms with Crippen molar-refractivity contribution in [3.8, 4) is 0 Å². The largest absolute Gasteiger partial charge is 0.356 e. The number of nitrogens with zero attached hydrogens (tertiary/aromatic N) is 3. The molecule has 1 amide bonds. The highest BCUT2D eigenvalue weighted by Gasteiger charge is 2.22.